The summed E-state index contributed by atoms with van der Waals surface area (Å²) in [6.07, 6.45) is 5.09. The second-order valence-corrected chi connectivity index (χ2v) is 9.35. The fourth-order valence-electron chi connectivity index (χ4n) is 4.87. The van der Waals surface area contributed by atoms with Crippen LogP contribution in [0.4, 0.5) is 0 Å². The summed E-state index contributed by atoms with van der Waals surface area (Å²) >= 11 is 0. The molecule has 31 heavy (non-hydrogen) atoms. The number of ether oxygens (including phenoxy) is 3. The second kappa shape index (κ2) is 8.79. The molecule has 4 rings (SSSR count). The number of methoxy groups -OCH3 is 1. The van der Waals surface area contributed by atoms with Gasteiger partial charge in [0.15, 0.2) is 0 Å². The summed E-state index contributed by atoms with van der Waals surface area (Å²) in [6.45, 7) is 2.17. The maximum absolute atomic E-state index is 13.4. The lowest BCUT2D eigenvalue weighted by Gasteiger charge is -2.46. The molecular weight excluding hydrogens is 396 g/mol. The first kappa shape index (κ1) is 22.1. The Bertz CT molecular complexity index is 795. The predicted molar refractivity (Wildman–Crippen MR) is 116 cm³/mol. The zero-order valence-electron chi connectivity index (χ0n) is 18.9. The normalized spacial score (nSPS) is 24.0. The van der Waals surface area contributed by atoms with Gasteiger partial charge < -0.3 is 24.0 Å². The maximum atomic E-state index is 13.4. The number of carbonyl (C=O) groups is 2. The molecule has 2 saturated heterocycles. The van der Waals surface area contributed by atoms with Gasteiger partial charge in [-0.2, -0.15) is 0 Å². The van der Waals surface area contributed by atoms with Crippen LogP contribution in [0.3, 0.4) is 0 Å². The van der Waals surface area contributed by atoms with Gasteiger partial charge in [-0.05, 0) is 49.8 Å². The largest absolute Gasteiger partial charge is 0.497 e. The van der Waals surface area contributed by atoms with Crippen molar-refractivity contribution in [3.8, 4) is 5.75 Å². The zero-order chi connectivity index (χ0) is 22.1. The van der Waals surface area contributed by atoms with Gasteiger partial charge in [0.2, 0.25) is 11.8 Å². The van der Waals surface area contributed by atoms with E-state index in [0.29, 0.717) is 19.7 Å². The van der Waals surface area contributed by atoms with Gasteiger partial charge in [-0.25, -0.2) is 0 Å². The first-order chi connectivity index (χ1) is 14.9. The number of amides is 2. The quantitative estimate of drug-likeness (QED) is 0.693. The number of rotatable bonds is 6. The molecule has 0 aromatic heterocycles. The summed E-state index contributed by atoms with van der Waals surface area (Å²) < 4.78 is 17.3. The summed E-state index contributed by atoms with van der Waals surface area (Å²) in [5.74, 6) is 1.03. The standard InChI is InChI=1S/C24H34N2O5/c1-25(2)21(27)17-30-20-8-15-31-23(16-20)11-13-26(14-12-23)22(28)24(9-10-24)18-4-6-19(29-3)7-5-18/h4-7,20H,8-17H2,1-3H3. The first-order valence-corrected chi connectivity index (χ1v) is 11.3. The summed E-state index contributed by atoms with van der Waals surface area (Å²) in [4.78, 5) is 28.8. The minimum Gasteiger partial charge on any atom is -0.497 e. The summed E-state index contributed by atoms with van der Waals surface area (Å²) in [6, 6.07) is 7.92. The Balaban J connectivity index is 1.33. The van der Waals surface area contributed by atoms with Crippen molar-refractivity contribution in [2.24, 2.45) is 0 Å². The molecule has 1 aromatic carbocycles. The van der Waals surface area contributed by atoms with Crippen LogP contribution in [0, 0.1) is 0 Å². The van der Waals surface area contributed by atoms with E-state index in [9.17, 15) is 9.59 Å². The van der Waals surface area contributed by atoms with Crippen molar-refractivity contribution < 1.29 is 23.8 Å². The van der Waals surface area contributed by atoms with E-state index in [1.807, 2.05) is 29.2 Å². The molecule has 3 fully saturated rings. The van der Waals surface area contributed by atoms with Crippen molar-refractivity contribution in [3.63, 3.8) is 0 Å². The molecular formula is C24H34N2O5. The van der Waals surface area contributed by atoms with E-state index in [4.69, 9.17) is 14.2 Å². The van der Waals surface area contributed by atoms with E-state index < -0.39 is 0 Å². The highest BCUT2D eigenvalue weighted by molar-refractivity contribution is 5.91. The lowest BCUT2D eigenvalue weighted by atomic mass is 9.82. The van der Waals surface area contributed by atoms with Gasteiger partial charge in [0.25, 0.3) is 0 Å². The van der Waals surface area contributed by atoms with Crippen molar-refractivity contribution in [3.05, 3.63) is 29.8 Å². The van der Waals surface area contributed by atoms with Gasteiger partial charge >= 0.3 is 0 Å². The molecule has 3 aliphatic rings. The van der Waals surface area contributed by atoms with Crippen LogP contribution in [-0.2, 0) is 24.5 Å². The monoisotopic (exact) mass is 430 g/mol. The number of hydrogen-bond acceptors (Lipinski definition) is 5. The third-order valence-corrected chi connectivity index (χ3v) is 7.15. The van der Waals surface area contributed by atoms with Gasteiger partial charge in [0, 0.05) is 40.2 Å². The Kier molecular flexibility index (Phi) is 6.26. The van der Waals surface area contributed by atoms with Crippen LogP contribution in [0.25, 0.3) is 0 Å². The minimum absolute atomic E-state index is 0.0192. The average molecular weight is 431 g/mol. The number of likely N-dealkylation sites (tertiary alicyclic amines) is 1. The van der Waals surface area contributed by atoms with Gasteiger partial charge in [-0.3, -0.25) is 9.59 Å². The highest BCUT2D eigenvalue weighted by Gasteiger charge is 2.54. The van der Waals surface area contributed by atoms with E-state index in [0.717, 1.165) is 49.8 Å². The van der Waals surface area contributed by atoms with Crippen LogP contribution in [0.1, 0.15) is 44.1 Å². The minimum atomic E-state index is -0.359. The van der Waals surface area contributed by atoms with Crippen LogP contribution >= 0.6 is 0 Å². The topological polar surface area (TPSA) is 68.3 Å². The maximum Gasteiger partial charge on any atom is 0.248 e. The van der Waals surface area contributed by atoms with Gasteiger partial charge in [0.05, 0.1) is 24.2 Å². The number of piperidine rings is 1. The molecule has 170 valence electrons. The third kappa shape index (κ3) is 4.58. The molecule has 0 bridgehead atoms. The summed E-state index contributed by atoms with van der Waals surface area (Å²) in [5, 5.41) is 0. The highest BCUT2D eigenvalue weighted by atomic mass is 16.5. The van der Waals surface area contributed by atoms with Gasteiger partial charge in [-0.15, -0.1) is 0 Å². The molecule has 0 radical (unpaired) electrons. The summed E-state index contributed by atoms with van der Waals surface area (Å²) in [7, 11) is 5.13. The van der Waals surface area contributed by atoms with Crippen molar-refractivity contribution in [1.82, 2.24) is 9.80 Å². The van der Waals surface area contributed by atoms with Crippen molar-refractivity contribution in [2.75, 3.05) is 47.5 Å². The smallest absolute Gasteiger partial charge is 0.248 e. The first-order valence-electron chi connectivity index (χ1n) is 11.3. The fraction of sp³-hybridized carbons (Fsp3) is 0.667. The number of hydrogen-bond donors (Lipinski definition) is 0. The molecule has 2 heterocycles. The number of benzene rings is 1. The van der Waals surface area contributed by atoms with E-state index in [1.165, 1.54) is 0 Å². The molecule has 1 aliphatic carbocycles. The Morgan fingerprint density at radius 3 is 2.39 bits per heavy atom. The Hall–Kier alpha value is -2.12. The van der Waals surface area contributed by atoms with E-state index in [2.05, 4.69) is 0 Å². The SMILES string of the molecule is COc1ccc(C2(C(=O)N3CCC4(CC3)CC(OCC(=O)N(C)C)CCO4)CC2)cc1. The molecule has 1 aromatic rings. The lowest BCUT2D eigenvalue weighted by molar-refractivity contribution is -0.167. The predicted octanol–water partition coefficient (Wildman–Crippen LogP) is 2.37. The molecule has 7 nitrogen and oxygen atoms in total. The van der Waals surface area contributed by atoms with Crippen molar-refractivity contribution in [2.45, 2.75) is 55.6 Å². The molecule has 1 atom stereocenters. The van der Waals surface area contributed by atoms with Crippen LogP contribution in [-0.4, -0.2) is 80.8 Å². The molecule has 7 heteroatoms. The Morgan fingerprint density at radius 2 is 1.81 bits per heavy atom. The summed E-state index contributed by atoms with van der Waals surface area (Å²) in [5.41, 5.74) is 0.492. The van der Waals surface area contributed by atoms with Crippen LogP contribution in [0.15, 0.2) is 24.3 Å². The molecule has 1 saturated carbocycles. The lowest BCUT2D eigenvalue weighted by Crippen LogP contribution is -2.53. The third-order valence-electron chi connectivity index (χ3n) is 7.15. The number of carbonyl (C=O) groups excluding carboxylic acids is 2. The van der Waals surface area contributed by atoms with Crippen LogP contribution < -0.4 is 4.74 Å². The van der Waals surface area contributed by atoms with E-state index >= 15 is 0 Å². The molecule has 1 unspecified atom stereocenters. The number of nitrogens with zero attached hydrogens (tertiary/aromatic N) is 2. The molecule has 1 spiro atoms. The van der Waals surface area contributed by atoms with Gasteiger partial charge in [0.1, 0.15) is 12.4 Å². The molecule has 2 aliphatic heterocycles. The number of likely N-dealkylation sites (N-methyl/N-ethyl adjacent to an activating group) is 1. The highest BCUT2D eigenvalue weighted by Crippen LogP contribution is 2.50. The zero-order valence-corrected chi connectivity index (χ0v) is 18.9. The Morgan fingerprint density at radius 1 is 1.13 bits per heavy atom. The van der Waals surface area contributed by atoms with E-state index in [1.54, 1.807) is 26.1 Å². The second-order valence-electron chi connectivity index (χ2n) is 9.35. The van der Waals surface area contributed by atoms with Crippen molar-refractivity contribution in [1.29, 1.82) is 0 Å². The van der Waals surface area contributed by atoms with Crippen LogP contribution in [0.5, 0.6) is 5.75 Å². The van der Waals surface area contributed by atoms with E-state index in [-0.39, 0.29) is 35.5 Å². The Labute approximate surface area is 184 Å². The van der Waals surface area contributed by atoms with Gasteiger partial charge in [-0.1, -0.05) is 12.1 Å². The van der Waals surface area contributed by atoms with Crippen LogP contribution in [0.2, 0.25) is 0 Å². The molecule has 0 N–H and O–H groups in total. The average Bonchev–Trinajstić information content (AvgIpc) is 3.60. The van der Waals surface area contributed by atoms with Crippen molar-refractivity contribution >= 4 is 11.8 Å². The molecule has 2 amide bonds. The fourth-order valence-corrected chi connectivity index (χ4v) is 4.87.